The van der Waals surface area contributed by atoms with Crippen molar-refractivity contribution in [2.45, 2.75) is 6.54 Å². The lowest BCUT2D eigenvalue weighted by atomic mass is 10.3. The maximum atomic E-state index is 4.82. The number of aromatic amines is 1. The van der Waals surface area contributed by atoms with E-state index in [0.29, 0.717) is 11.8 Å². The number of imidazole rings is 1. The molecule has 4 heterocycles. The van der Waals surface area contributed by atoms with Gasteiger partial charge in [-0.2, -0.15) is 10.1 Å². The largest absolute Gasteiger partial charge is 0.341 e. The van der Waals surface area contributed by atoms with E-state index in [4.69, 9.17) is 5.10 Å². The molecule has 1 aromatic carbocycles. The third-order valence-electron chi connectivity index (χ3n) is 4.72. The van der Waals surface area contributed by atoms with Crippen LogP contribution in [0.2, 0.25) is 0 Å². The normalized spacial score (nSPS) is 20.3. The van der Waals surface area contributed by atoms with Crippen molar-refractivity contribution in [2.75, 3.05) is 19.4 Å². The first-order valence-electron chi connectivity index (χ1n) is 9.21. The summed E-state index contributed by atoms with van der Waals surface area (Å²) in [7, 11) is 5.92. The van der Waals surface area contributed by atoms with E-state index in [9.17, 15) is 0 Å². The number of fused-ring (bicyclic) bond motifs is 2. The Balaban J connectivity index is 1.46. The standard InChI is InChI=1S/C19H21N10/c1-27(2)12-17-23-15-5-4-13(8-16(15)24-17)22-19-25-18-10-20-6-7-29(18,26-19)14-9-21-28(3)11-14/h4-11H,12H2,1-3H3,(H,22,26)(H,23,24)/q+1. The van der Waals surface area contributed by atoms with Crippen LogP contribution in [0, 0.1) is 0 Å². The van der Waals surface area contributed by atoms with Crippen LogP contribution in [0.4, 0.5) is 11.4 Å². The fourth-order valence-corrected chi connectivity index (χ4v) is 3.44. The van der Waals surface area contributed by atoms with Crippen LogP contribution in [0.5, 0.6) is 0 Å². The molecule has 10 heteroatoms. The molecule has 3 aromatic rings. The van der Waals surface area contributed by atoms with Gasteiger partial charge in [0, 0.05) is 12.7 Å². The quantitative estimate of drug-likeness (QED) is 0.667. The summed E-state index contributed by atoms with van der Waals surface area (Å²) < 4.78 is 1.86. The minimum absolute atomic E-state index is 0.110. The van der Waals surface area contributed by atoms with Gasteiger partial charge in [-0.25, -0.2) is 4.98 Å². The molecule has 0 saturated carbocycles. The Kier molecular flexibility index (Phi) is 3.89. The van der Waals surface area contributed by atoms with Crippen LogP contribution in [0.15, 0.2) is 58.1 Å². The fraction of sp³-hybridized carbons (Fsp3) is 0.211. The summed E-state index contributed by atoms with van der Waals surface area (Å²) in [5.74, 6) is 2.15. The van der Waals surface area contributed by atoms with E-state index in [1.54, 1.807) is 23.3 Å². The Hall–Kier alpha value is -3.63. The third-order valence-corrected chi connectivity index (χ3v) is 4.72. The van der Waals surface area contributed by atoms with Gasteiger partial charge < -0.3 is 15.2 Å². The topological polar surface area (TPSA) is 98.8 Å². The summed E-state index contributed by atoms with van der Waals surface area (Å²) in [5, 5.41) is 12.4. The van der Waals surface area contributed by atoms with Gasteiger partial charge in [0.05, 0.1) is 30.0 Å². The lowest BCUT2D eigenvalue weighted by molar-refractivity contribution is 0.392. The van der Waals surface area contributed by atoms with Crippen molar-refractivity contribution in [3.05, 3.63) is 48.8 Å². The van der Waals surface area contributed by atoms with Crippen molar-refractivity contribution in [2.24, 2.45) is 22.1 Å². The number of guanidine groups is 1. The van der Waals surface area contributed by atoms with Gasteiger partial charge in [0.2, 0.25) is 5.69 Å². The molecule has 0 saturated heterocycles. The van der Waals surface area contributed by atoms with Crippen LogP contribution in [-0.2, 0) is 13.6 Å². The van der Waals surface area contributed by atoms with Gasteiger partial charge in [0.25, 0.3) is 11.8 Å². The Morgan fingerprint density at radius 1 is 1.28 bits per heavy atom. The zero-order chi connectivity index (χ0) is 20.0. The predicted molar refractivity (Wildman–Crippen MR) is 115 cm³/mol. The van der Waals surface area contributed by atoms with Gasteiger partial charge in [-0.3, -0.25) is 9.67 Å². The Labute approximate surface area is 167 Å². The van der Waals surface area contributed by atoms with E-state index in [1.807, 2.05) is 51.7 Å². The fourth-order valence-electron chi connectivity index (χ4n) is 3.44. The number of hydrogen-bond acceptors (Lipinski definition) is 7. The molecule has 2 aliphatic rings. The van der Waals surface area contributed by atoms with Crippen LogP contribution >= 0.6 is 0 Å². The highest BCUT2D eigenvalue weighted by Gasteiger charge is 2.43. The Morgan fingerprint density at radius 2 is 2.17 bits per heavy atom. The zero-order valence-corrected chi connectivity index (χ0v) is 16.4. The zero-order valence-electron chi connectivity index (χ0n) is 16.4. The average Bonchev–Trinajstić information content (AvgIpc) is 3.37. The second-order valence-electron chi connectivity index (χ2n) is 7.31. The number of nitrogens with one attached hydrogen (secondary N) is 2. The van der Waals surface area contributed by atoms with Crippen LogP contribution in [0.1, 0.15) is 5.82 Å². The monoisotopic (exact) mass is 389 g/mol. The van der Waals surface area contributed by atoms with E-state index in [-0.39, 0.29) is 4.59 Å². The van der Waals surface area contributed by atoms with E-state index in [0.717, 1.165) is 34.8 Å². The van der Waals surface area contributed by atoms with Crippen molar-refractivity contribution >= 4 is 40.4 Å². The minimum Gasteiger partial charge on any atom is -0.341 e. The lowest BCUT2D eigenvalue weighted by Crippen LogP contribution is -2.44. The van der Waals surface area contributed by atoms with Crippen molar-refractivity contribution in [1.82, 2.24) is 29.2 Å². The summed E-state index contributed by atoms with van der Waals surface area (Å²) in [6.07, 6.45) is 9.04. The molecule has 2 aromatic heterocycles. The summed E-state index contributed by atoms with van der Waals surface area (Å²) in [5.41, 5.74) is 3.67. The van der Waals surface area contributed by atoms with Crippen molar-refractivity contribution < 1.29 is 0 Å². The van der Waals surface area contributed by atoms with E-state index in [2.05, 4.69) is 35.3 Å². The maximum absolute atomic E-state index is 4.82. The first-order valence-corrected chi connectivity index (χ1v) is 9.21. The molecule has 0 aliphatic carbocycles. The first kappa shape index (κ1) is 17.5. The van der Waals surface area contributed by atoms with Gasteiger partial charge in [-0.15, -0.1) is 0 Å². The maximum Gasteiger partial charge on any atom is 0.287 e. The highest BCUT2D eigenvalue weighted by atomic mass is 15.7. The summed E-state index contributed by atoms with van der Waals surface area (Å²) >= 11 is 0. The van der Waals surface area contributed by atoms with Gasteiger partial charge in [-0.05, 0) is 37.4 Å². The Morgan fingerprint density at radius 3 is 2.97 bits per heavy atom. The van der Waals surface area contributed by atoms with Gasteiger partial charge >= 0.3 is 0 Å². The average molecular weight is 389 g/mol. The van der Waals surface area contributed by atoms with Gasteiger partial charge in [0.1, 0.15) is 18.2 Å². The summed E-state index contributed by atoms with van der Waals surface area (Å²) in [6.45, 7) is 0.759. The number of quaternary nitrogens is 1. The number of benzene rings is 1. The number of hydrogen-bond donors (Lipinski definition) is 2. The van der Waals surface area contributed by atoms with Crippen molar-refractivity contribution in [3.8, 4) is 0 Å². The number of aryl methyl sites for hydroxylation is 1. The molecular formula is C19H21N10+. The number of aliphatic imine (C=N–C) groups is 2. The molecule has 1 unspecified atom stereocenters. The minimum atomic E-state index is 0.110. The van der Waals surface area contributed by atoms with Crippen LogP contribution in [0.25, 0.3) is 11.0 Å². The molecule has 1 atom stereocenters. The van der Waals surface area contributed by atoms with E-state index < -0.39 is 0 Å². The molecular weight excluding hydrogens is 368 g/mol. The number of rotatable bonds is 4. The number of aromatic nitrogens is 4. The van der Waals surface area contributed by atoms with Crippen LogP contribution < -0.4 is 9.91 Å². The summed E-state index contributed by atoms with van der Waals surface area (Å²) in [4.78, 5) is 18.9. The Bertz CT molecular complexity index is 1210. The molecule has 0 bridgehead atoms. The second kappa shape index (κ2) is 6.47. The molecule has 0 amide bonds. The van der Waals surface area contributed by atoms with Gasteiger partial charge in [-0.1, -0.05) is 4.59 Å². The van der Waals surface area contributed by atoms with E-state index >= 15 is 0 Å². The molecule has 2 aliphatic heterocycles. The molecule has 146 valence electrons. The van der Waals surface area contributed by atoms with Gasteiger partial charge in [0.15, 0.2) is 6.20 Å². The lowest BCUT2D eigenvalue weighted by Gasteiger charge is -2.21. The molecule has 0 radical (unpaired) electrons. The molecule has 5 rings (SSSR count). The SMILES string of the molecule is CN(C)Cc1nc2ccc(NC3=N[N+]4(c5cnn(C)c5)C=CN=CC4=N3)cc2[nH]1. The number of amidine groups is 1. The molecule has 10 nitrogen and oxygen atoms in total. The summed E-state index contributed by atoms with van der Waals surface area (Å²) in [6, 6.07) is 5.97. The van der Waals surface area contributed by atoms with Crippen molar-refractivity contribution in [1.29, 1.82) is 0 Å². The highest BCUT2D eigenvalue weighted by molar-refractivity contribution is 6.38. The second-order valence-corrected chi connectivity index (χ2v) is 7.31. The number of nitrogens with zero attached hydrogens (tertiary/aromatic N) is 8. The first-order chi connectivity index (χ1) is 14.0. The third kappa shape index (κ3) is 3.04. The smallest absolute Gasteiger partial charge is 0.287 e. The van der Waals surface area contributed by atoms with Crippen LogP contribution in [-0.4, -0.2) is 56.8 Å². The predicted octanol–water partition coefficient (Wildman–Crippen LogP) is 2.02. The van der Waals surface area contributed by atoms with Crippen LogP contribution in [0.3, 0.4) is 0 Å². The molecule has 0 fully saturated rings. The van der Waals surface area contributed by atoms with Crippen molar-refractivity contribution in [3.63, 3.8) is 0 Å². The number of H-pyrrole nitrogens is 1. The molecule has 29 heavy (non-hydrogen) atoms. The number of anilines is 1. The molecule has 0 spiro atoms. The highest BCUT2D eigenvalue weighted by Crippen LogP contribution is 2.30. The molecule has 2 N–H and O–H groups in total. The van der Waals surface area contributed by atoms with E-state index in [1.165, 1.54) is 0 Å².